The van der Waals surface area contributed by atoms with E-state index in [0.717, 1.165) is 48.5 Å². The van der Waals surface area contributed by atoms with Crippen LogP contribution in [-0.4, -0.2) is 59.1 Å². The van der Waals surface area contributed by atoms with Crippen LogP contribution in [0.3, 0.4) is 0 Å². The van der Waals surface area contributed by atoms with E-state index in [0.29, 0.717) is 19.5 Å². The molecule has 1 atom stereocenters. The number of esters is 2. The summed E-state index contributed by atoms with van der Waals surface area (Å²) in [7, 11) is 0. The van der Waals surface area contributed by atoms with Crippen molar-refractivity contribution in [2.75, 3.05) is 13.1 Å². The second kappa shape index (κ2) is 11.9. The van der Waals surface area contributed by atoms with Crippen LogP contribution in [0.4, 0.5) is 21.0 Å². The molecule has 0 saturated carbocycles. The fourth-order valence-electron chi connectivity index (χ4n) is 3.02. The molecular weight excluding hydrogens is 496 g/mol. The Kier molecular flexibility index (Phi) is 8.50. The Hall–Kier alpha value is -5.25. The van der Waals surface area contributed by atoms with Crippen molar-refractivity contribution in [3.63, 3.8) is 0 Å². The Bertz CT molecular complexity index is 1250. The largest absolute Gasteiger partial charge is 0.444 e. The lowest BCUT2D eigenvalue weighted by molar-refractivity contribution is -0.385. The molecule has 2 aromatic carbocycles. The number of benzene rings is 2. The summed E-state index contributed by atoms with van der Waals surface area (Å²) in [6.45, 7) is 1.09. The fourth-order valence-corrected chi connectivity index (χ4v) is 3.02. The molecule has 16 nitrogen and oxygen atoms in total. The summed E-state index contributed by atoms with van der Waals surface area (Å²) in [5.41, 5.74) is -0.861. The Balaban J connectivity index is 1.66. The number of guanidine groups is 1. The molecule has 16 heteroatoms. The maximum absolute atomic E-state index is 12.2. The van der Waals surface area contributed by atoms with E-state index < -0.39 is 39.9 Å². The van der Waals surface area contributed by atoms with Gasteiger partial charge >= 0.3 is 24.1 Å². The molecule has 0 aliphatic carbocycles. The van der Waals surface area contributed by atoms with Crippen molar-refractivity contribution in [1.82, 2.24) is 16.0 Å². The van der Waals surface area contributed by atoms with Crippen LogP contribution in [-0.2, 0) is 9.47 Å². The number of aliphatic imine (C=N–C) groups is 1. The second-order valence-corrected chi connectivity index (χ2v) is 7.36. The minimum absolute atomic E-state index is 0.153. The molecular formula is C21H18N6O10. The van der Waals surface area contributed by atoms with Crippen molar-refractivity contribution in [2.45, 2.75) is 12.5 Å². The predicted molar refractivity (Wildman–Crippen MR) is 123 cm³/mol. The predicted octanol–water partition coefficient (Wildman–Crippen LogP) is 1.65. The van der Waals surface area contributed by atoms with Gasteiger partial charge in [0, 0.05) is 36.9 Å². The molecule has 1 heterocycles. The van der Waals surface area contributed by atoms with Crippen molar-refractivity contribution in [2.24, 2.45) is 4.99 Å². The van der Waals surface area contributed by atoms with Crippen molar-refractivity contribution in [3.05, 3.63) is 79.9 Å². The van der Waals surface area contributed by atoms with E-state index in [2.05, 4.69) is 30.4 Å². The summed E-state index contributed by atoms with van der Waals surface area (Å²) in [5.74, 6) is -2.76. The first-order valence-electron chi connectivity index (χ1n) is 10.5. The second-order valence-electron chi connectivity index (χ2n) is 7.36. The smallest absolute Gasteiger partial charge is 0.372 e. The average molecular weight is 514 g/mol. The fraction of sp³-hybridized carbons (Fsp3) is 0.190. The summed E-state index contributed by atoms with van der Waals surface area (Å²) in [4.78, 5) is 72.3. The third-order valence-corrected chi connectivity index (χ3v) is 4.82. The molecule has 1 aliphatic rings. The molecule has 0 bridgehead atoms. The number of nitrogens with one attached hydrogen (secondary N) is 3. The number of carbonyl (C=O) groups excluding carboxylic acids is 4. The minimum atomic E-state index is -1.43. The normalized spacial score (nSPS) is 14.8. The Morgan fingerprint density at radius 1 is 0.865 bits per heavy atom. The molecule has 3 rings (SSSR count). The number of nitrogens with zero attached hydrogens (tertiary/aromatic N) is 3. The van der Waals surface area contributed by atoms with E-state index in [-0.39, 0.29) is 28.5 Å². The molecule has 0 spiro atoms. The van der Waals surface area contributed by atoms with Crippen LogP contribution in [0.1, 0.15) is 27.1 Å². The molecule has 37 heavy (non-hydrogen) atoms. The maximum Gasteiger partial charge on any atom is 0.444 e. The first-order valence-corrected chi connectivity index (χ1v) is 10.5. The summed E-state index contributed by atoms with van der Waals surface area (Å²) < 4.78 is 9.21. The van der Waals surface area contributed by atoms with Gasteiger partial charge in [0.1, 0.15) is 0 Å². The number of rotatable bonds is 5. The van der Waals surface area contributed by atoms with E-state index in [1.807, 2.05) is 0 Å². The van der Waals surface area contributed by atoms with Gasteiger partial charge in [-0.1, -0.05) is 0 Å². The molecule has 0 aromatic heterocycles. The van der Waals surface area contributed by atoms with Gasteiger partial charge in [-0.15, -0.1) is 4.99 Å². The highest BCUT2D eigenvalue weighted by atomic mass is 16.6. The van der Waals surface area contributed by atoms with Crippen molar-refractivity contribution in [3.8, 4) is 0 Å². The van der Waals surface area contributed by atoms with Gasteiger partial charge in [0.2, 0.25) is 5.96 Å². The minimum Gasteiger partial charge on any atom is -0.372 e. The topological polar surface area (TPSA) is 221 Å². The molecule has 2 aromatic rings. The maximum atomic E-state index is 12.2. The molecule has 0 radical (unpaired) electrons. The van der Waals surface area contributed by atoms with Crippen LogP contribution in [0, 0.1) is 20.2 Å². The van der Waals surface area contributed by atoms with Crippen LogP contribution in [0.25, 0.3) is 0 Å². The molecule has 0 unspecified atom stereocenters. The zero-order valence-electron chi connectivity index (χ0n) is 18.7. The molecule has 2 amide bonds. The number of amides is 2. The third kappa shape index (κ3) is 7.62. The lowest BCUT2D eigenvalue weighted by atomic mass is 10.2. The average Bonchev–Trinajstić information content (AvgIpc) is 3.36. The number of non-ortho nitro benzene ring substituents is 2. The summed E-state index contributed by atoms with van der Waals surface area (Å²) >= 11 is 0. The van der Waals surface area contributed by atoms with Crippen molar-refractivity contribution < 1.29 is 38.5 Å². The van der Waals surface area contributed by atoms with Crippen LogP contribution in [0.5, 0.6) is 0 Å². The Morgan fingerprint density at radius 3 is 1.84 bits per heavy atom. The monoisotopic (exact) mass is 514 g/mol. The number of nitro benzene ring substituents is 2. The van der Waals surface area contributed by atoms with Crippen LogP contribution >= 0.6 is 0 Å². The summed E-state index contributed by atoms with van der Waals surface area (Å²) in [6.07, 6.45) is -2.18. The van der Waals surface area contributed by atoms with Gasteiger partial charge in [-0.05, 0) is 37.2 Å². The van der Waals surface area contributed by atoms with E-state index in [4.69, 9.17) is 0 Å². The number of alkyl carbamates (subject to hydrolysis) is 1. The molecule has 3 N–H and O–H groups in total. The first kappa shape index (κ1) is 26.4. The number of ether oxygens (including phenoxy) is 2. The molecule has 1 saturated heterocycles. The lowest BCUT2D eigenvalue weighted by Crippen LogP contribution is -2.47. The first-order chi connectivity index (χ1) is 17.6. The number of nitro groups is 2. The van der Waals surface area contributed by atoms with E-state index in [1.165, 1.54) is 0 Å². The van der Waals surface area contributed by atoms with E-state index in [9.17, 15) is 39.4 Å². The van der Waals surface area contributed by atoms with Crippen LogP contribution in [0.2, 0.25) is 0 Å². The van der Waals surface area contributed by atoms with Crippen molar-refractivity contribution >= 4 is 41.5 Å². The standard InChI is InChI=1S/C21H18N6O10/c28-17(12-1-5-15(6-2-12)26(32)33)36-20(30)24-19(23-14-9-10-22-11-14)25-21(31)37-18(29)13-3-7-16(8-4-13)27(34)35/h1-8,14,22H,9-11H2,(H2,23,24,25,30,31)/t14-/m1/s1. The number of hydrogen-bond donors (Lipinski definition) is 3. The van der Waals surface area contributed by atoms with E-state index in [1.54, 1.807) is 0 Å². The Morgan fingerprint density at radius 2 is 1.38 bits per heavy atom. The molecule has 1 fully saturated rings. The van der Waals surface area contributed by atoms with Crippen LogP contribution in [0.15, 0.2) is 53.5 Å². The van der Waals surface area contributed by atoms with Gasteiger partial charge in [-0.3, -0.25) is 25.5 Å². The van der Waals surface area contributed by atoms with Gasteiger partial charge < -0.3 is 20.1 Å². The zero-order valence-corrected chi connectivity index (χ0v) is 18.7. The van der Waals surface area contributed by atoms with Gasteiger partial charge in [0.15, 0.2) is 0 Å². The number of hydrogen-bond acceptors (Lipinski definition) is 11. The highest BCUT2D eigenvalue weighted by molar-refractivity contribution is 6.05. The summed E-state index contributed by atoms with van der Waals surface area (Å²) in [6, 6.07) is 8.26. The van der Waals surface area contributed by atoms with Crippen molar-refractivity contribution in [1.29, 1.82) is 0 Å². The molecule has 192 valence electrons. The third-order valence-electron chi connectivity index (χ3n) is 4.82. The van der Waals surface area contributed by atoms with Gasteiger partial charge in [-0.2, -0.15) is 0 Å². The zero-order chi connectivity index (χ0) is 26.9. The van der Waals surface area contributed by atoms with Gasteiger partial charge in [0.25, 0.3) is 11.4 Å². The quantitative estimate of drug-likeness (QED) is 0.129. The van der Waals surface area contributed by atoms with E-state index >= 15 is 0 Å². The summed E-state index contributed by atoms with van der Waals surface area (Å²) in [5, 5.41) is 29.3. The SMILES string of the molecule is O=C(N=C(NC(=O)OC(=O)c1ccc([N+](=O)[O-])cc1)N[C@@H]1CCNC1)OC(=O)c1ccc([N+](=O)[O-])cc1. The van der Waals surface area contributed by atoms with Crippen LogP contribution < -0.4 is 16.0 Å². The van der Waals surface area contributed by atoms with Gasteiger partial charge in [-0.25, -0.2) is 19.2 Å². The highest BCUT2D eigenvalue weighted by Crippen LogP contribution is 2.14. The lowest BCUT2D eigenvalue weighted by Gasteiger charge is -2.15. The Labute approximate surface area is 206 Å². The number of carbonyl (C=O) groups is 4. The van der Waals surface area contributed by atoms with Gasteiger partial charge in [0.05, 0.1) is 21.0 Å². The highest BCUT2D eigenvalue weighted by Gasteiger charge is 2.22. The molecule has 1 aliphatic heterocycles.